The number of aliphatic hydroxyl groups excluding tert-OH is 2. The molecule has 0 heterocycles. The highest BCUT2D eigenvalue weighted by molar-refractivity contribution is 4.50. The molecule has 0 aliphatic carbocycles. The van der Waals surface area contributed by atoms with Crippen molar-refractivity contribution in [2.24, 2.45) is 0 Å². The van der Waals surface area contributed by atoms with Gasteiger partial charge >= 0.3 is 0 Å². The van der Waals surface area contributed by atoms with Crippen LogP contribution in [-0.2, 0) is 18.9 Å². The molecule has 0 spiro atoms. The van der Waals surface area contributed by atoms with Crippen molar-refractivity contribution in [2.75, 3.05) is 40.6 Å². The van der Waals surface area contributed by atoms with Crippen LogP contribution >= 0.6 is 0 Å². The first-order valence-corrected chi connectivity index (χ1v) is 6.91. The molecule has 0 radical (unpaired) electrons. The predicted molar refractivity (Wildman–Crippen MR) is 77.9 cm³/mol. The van der Waals surface area contributed by atoms with Crippen molar-refractivity contribution >= 4 is 0 Å². The van der Waals surface area contributed by atoms with Crippen molar-refractivity contribution in [3.05, 3.63) is 0 Å². The number of rotatable bonds is 10. The molecule has 20 heavy (non-hydrogen) atoms. The Morgan fingerprint density at radius 1 is 0.650 bits per heavy atom. The summed E-state index contributed by atoms with van der Waals surface area (Å²) in [7, 11) is 3.27. The highest BCUT2D eigenvalue weighted by Gasteiger charge is 2.03. The number of ether oxygens (including phenoxy) is 4. The van der Waals surface area contributed by atoms with E-state index in [-0.39, 0.29) is 37.6 Å². The van der Waals surface area contributed by atoms with Crippen LogP contribution < -0.4 is 0 Å². The lowest BCUT2D eigenvalue weighted by molar-refractivity contribution is -0.0313. The minimum Gasteiger partial charge on any atom is -0.394 e. The fraction of sp³-hybridized carbons (Fsp3) is 1.00. The lowest BCUT2D eigenvalue weighted by atomic mass is 10.4. The number of hydrogen-bond donors (Lipinski definition) is 2. The Balaban J connectivity index is 0. The first-order chi connectivity index (χ1) is 9.40. The molecule has 2 N–H and O–H groups in total. The number of methoxy groups -OCH3 is 2. The van der Waals surface area contributed by atoms with Gasteiger partial charge in [0.05, 0.1) is 50.8 Å². The normalized spacial score (nSPS) is 16.8. The van der Waals surface area contributed by atoms with Gasteiger partial charge in [-0.15, -0.1) is 0 Å². The third-order valence-electron chi connectivity index (χ3n) is 2.55. The molecule has 0 bridgehead atoms. The summed E-state index contributed by atoms with van der Waals surface area (Å²) in [4.78, 5) is 0. The summed E-state index contributed by atoms with van der Waals surface area (Å²) in [5.74, 6) is 0. The van der Waals surface area contributed by atoms with Crippen molar-refractivity contribution in [3.8, 4) is 0 Å². The zero-order chi connectivity index (χ0) is 16.0. The maximum Gasteiger partial charge on any atom is 0.0779 e. The molecule has 0 aromatic heterocycles. The van der Waals surface area contributed by atoms with Gasteiger partial charge in [0.15, 0.2) is 0 Å². The monoisotopic (exact) mass is 296 g/mol. The maximum absolute atomic E-state index is 8.55. The molecule has 0 aliphatic heterocycles. The molecule has 0 rings (SSSR count). The van der Waals surface area contributed by atoms with E-state index in [2.05, 4.69) is 0 Å². The van der Waals surface area contributed by atoms with Gasteiger partial charge in [0.25, 0.3) is 0 Å². The summed E-state index contributed by atoms with van der Waals surface area (Å²) >= 11 is 0. The Bertz CT molecular complexity index is 151. The molecule has 0 amide bonds. The summed E-state index contributed by atoms with van der Waals surface area (Å²) < 4.78 is 20.2. The summed E-state index contributed by atoms with van der Waals surface area (Å²) in [5.41, 5.74) is 0. The zero-order valence-electron chi connectivity index (χ0n) is 13.7. The van der Waals surface area contributed by atoms with Crippen molar-refractivity contribution < 1.29 is 29.2 Å². The summed E-state index contributed by atoms with van der Waals surface area (Å²) in [6.45, 7) is 8.70. The largest absolute Gasteiger partial charge is 0.394 e. The van der Waals surface area contributed by atoms with Gasteiger partial charge < -0.3 is 29.2 Å². The molecule has 6 nitrogen and oxygen atoms in total. The molecule has 4 atom stereocenters. The van der Waals surface area contributed by atoms with E-state index in [0.29, 0.717) is 13.2 Å². The molecular formula is C14H32O6. The Morgan fingerprint density at radius 3 is 1.15 bits per heavy atom. The third-order valence-corrected chi connectivity index (χ3v) is 2.55. The Kier molecular flexibility index (Phi) is 16.7. The van der Waals surface area contributed by atoms with Gasteiger partial charge in [-0.1, -0.05) is 0 Å². The van der Waals surface area contributed by atoms with Gasteiger partial charge in [0, 0.05) is 14.2 Å². The maximum atomic E-state index is 8.55. The zero-order valence-corrected chi connectivity index (χ0v) is 13.7. The van der Waals surface area contributed by atoms with Crippen molar-refractivity contribution in [3.63, 3.8) is 0 Å². The third kappa shape index (κ3) is 15.8. The predicted octanol–water partition coefficient (Wildman–Crippen LogP) is 0.837. The second-order valence-corrected chi connectivity index (χ2v) is 4.75. The average molecular weight is 296 g/mol. The van der Waals surface area contributed by atoms with Gasteiger partial charge in [-0.3, -0.25) is 0 Å². The average Bonchev–Trinajstić information content (AvgIpc) is 2.49. The quantitative estimate of drug-likeness (QED) is 0.622. The molecule has 124 valence electrons. The van der Waals surface area contributed by atoms with E-state index in [1.165, 1.54) is 0 Å². The smallest absolute Gasteiger partial charge is 0.0779 e. The molecule has 6 heteroatoms. The van der Waals surface area contributed by atoms with Crippen LogP contribution in [0.1, 0.15) is 27.7 Å². The second-order valence-electron chi connectivity index (χ2n) is 4.75. The minimum atomic E-state index is -0.0856. The van der Waals surface area contributed by atoms with Crippen molar-refractivity contribution in [1.82, 2.24) is 0 Å². The van der Waals surface area contributed by atoms with E-state index in [1.807, 2.05) is 27.7 Å². The van der Waals surface area contributed by atoms with Crippen LogP contribution in [0.4, 0.5) is 0 Å². The summed E-state index contributed by atoms with van der Waals surface area (Å²) in [6, 6.07) is 0. The van der Waals surface area contributed by atoms with E-state index in [9.17, 15) is 0 Å². The molecule has 0 aromatic rings. The van der Waals surface area contributed by atoms with Crippen LogP contribution in [0.5, 0.6) is 0 Å². The lowest BCUT2D eigenvalue weighted by Crippen LogP contribution is -2.21. The standard InChI is InChI=1S/2C7H16O3/c2*1-6(4-8)10-5-7(2)9-3/h2*6-8H,4-5H2,1-3H3. The highest BCUT2D eigenvalue weighted by atomic mass is 16.5. The second kappa shape index (κ2) is 15.2. The Labute approximate surface area is 123 Å². The molecule has 4 unspecified atom stereocenters. The first-order valence-electron chi connectivity index (χ1n) is 6.91. The van der Waals surface area contributed by atoms with Gasteiger partial charge in [-0.25, -0.2) is 0 Å². The fourth-order valence-corrected chi connectivity index (χ4v) is 0.841. The number of hydrogen-bond acceptors (Lipinski definition) is 6. The lowest BCUT2D eigenvalue weighted by Gasteiger charge is -2.13. The van der Waals surface area contributed by atoms with Crippen LogP contribution in [-0.4, -0.2) is 75.3 Å². The Morgan fingerprint density at radius 2 is 0.950 bits per heavy atom. The summed E-state index contributed by atoms with van der Waals surface area (Å²) in [5, 5.41) is 17.1. The van der Waals surface area contributed by atoms with E-state index in [0.717, 1.165) is 0 Å². The molecule has 0 saturated heterocycles. The van der Waals surface area contributed by atoms with E-state index in [1.54, 1.807) is 14.2 Å². The topological polar surface area (TPSA) is 77.4 Å². The van der Waals surface area contributed by atoms with Crippen LogP contribution in [0.25, 0.3) is 0 Å². The van der Waals surface area contributed by atoms with Crippen LogP contribution in [0.2, 0.25) is 0 Å². The van der Waals surface area contributed by atoms with Gasteiger partial charge in [0.1, 0.15) is 0 Å². The van der Waals surface area contributed by atoms with Gasteiger partial charge in [0.2, 0.25) is 0 Å². The minimum absolute atomic E-state index is 0.0659. The van der Waals surface area contributed by atoms with Crippen LogP contribution in [0.3, 0.4) is 0 Å². The molecule has 0 saturated carbocycles. The molecular weight excluding hydrogens is 264 g/mol. The summed E-state index contributed by atoms with van der Waals surface area (Å²) in [6.07, 6.45) is 0.0400. The highest BCUT2D eigenvalue weighted by Crippen LogP contribution is 1.94. The van der Waals surface area contributed by atoms with E-state index in [4.69, 9.17) is 29.2 Å². The molecule has 0 fully saturated rings. The number of aliphatic hydroxyl groups is 2. The van der Waals surface area contributed by atoms with E-state index < -0.39 is 0 Å². The fourth-order valence-electron chi connectivity index (χ4n) is 0.841. The van der Waals surface area contributed by atoms with E-state index >= 15 is 0 Å². The molecule has 0 aliphatic rings. The van der Waals surface area contributed by atoms with Gasteiger partial charge in [-0.05, 0) is 27.7 Å². The van der Waals surface area contributed by atoms with Crippen molar-refractivity contribution in [1.29, 1.82) is 0 Å². The first kappa shape index (κ1) is 22.0. The SMILES string of the molecule is COC(C)COC(C)CO.COC(C)COC(C)CO. The van der Waals surface area contributed by atoms with Crippen LogP contribution in [0.15, 0.2) is 0 Å². The van der Waals surface area contributed by atoms with Gasteiger partial charge in [-0.2, -0.15) is 0 Å². The van der Waals surface area contributed by atoms with Crippen LogP contribution in [0, 0.1) is 0 Å². The van der Waals surface area contributed by atoms with Crippen molar-refractivity contribution in [2.45, 2.75) is 52.1 Å². The Hall–Kier alpha value is -0.240. The molecule has 0 aromatic carbocycles.